The molecule has 3 heteroatoms. The first-order chi connectivity index (χ1) is 7.77. The van der Waals surface area contributed by atoms with Gasteiger partial charge in [0.15, 0.2) is 0 Å². The van der Waals surface area contributed by atoms with Gasteiger partial charge in [-0.1, -0.05) is 18.2 Å². The molecule has 3 nitrogen and oxygen atoms in total. The molecule has 82 valence electrons. The molecule has 0 bridgehead atoms. The minimum absolute atomic E-state index is 0.548. The molecule has 16 heavy (non-hydrogen) atoms. The summed E-state index contributed by atoms with van der Waals surface area (Å²) >= 11 is 0. The average Bonchev–Trinajstić information content (AvgIpc) is 2.31. The number of benzene rings is 1. The topological polar surface area (TPSA) is 42.4 Å². The molecule has 0 aliphatic heterocycles. The van der Waals surface area contributed by atoms with Crippen LogP contribution >= 0.6 is 0 Å². The first kappa shape index (κ1) is 10.6. The third-order valence-corrected chi connectivity index (χ3v) is 2.23. The number of hydrogen-bond acceptors (Lipinski definition) is 3. The molecular formula is C13H13NO2. The van der Waals surface area contributed by atoms with Gasteiger partial charge in [0.25, 0.3) is 0 Å². The smallest absolute Gasteiger partial charge is 0.145 e. The highest BCUT2D eigenvalue weighted by Crippen LogP contribution is 2.28. The molecule has 0 saturated heterocycles. The number of nitrogens with zero attached hydrogens (tertiary/aromatic N) is 1. The van der Waals surface area contributed by atoms with Gasteiger partial charge in [0.2, 0.25) is 0 Å². The van der Waals surface area contributed by atoms with E-state index in [-0.39, 0.29) is 0 Å². The number of para-hydroxylation sites is 1. The maximum atomic E-state index is 9.59. The Labute approximate surface area is 94.3 Å². The number of rotatable bonds is 3. The maximum Gasteiger partial charge on any atom is 0.145 e. The van der Waals surface area contributed by atoms with Gasteiger partial charge in [-0.3, -0.25) is 4.98 Å². The van der Waals surface area contributed by atoms with Crippen LogP contribution in [0, 0.1) is 0 Å². The van der Waals surface area contributed by atoms with E-state index in [0.29, 0.717) is 11.5 Å². The lowest BCUT2D eigenvalue weighted by molar-refractivity contribution is 0.195. The van der Waals surface area contributed by atoms with Gasteiger partial charge in [-0.2, -0.15) is 0 Å². The van der Waals surface area contributed by atoms with Crippen molar-refractivity contribution >= 4 is 0 Å². The van der Waals surface area contributed by atoms with Crippen molar-refractivity contribution in [3.63, 3.8) is 0 Å². The van der Waals surface area contributed by atoms with E-state index in [2.05, 4.69) is 4.98 Å². The van der Waals surface area contributed by atoms with Crippen LogP contribution in [0.25, 0.3) is 0 Å². The van der Waals surface area contributed by atoms with E-state index in [4.69, 9.17) is 4.74 Å². The van der Waals surface area contributed by atoms with Gasteiger partial charge in [0.1, 0.15) is 11.5 Å². The SMILES string of the molecule is C[C@@H](O)c1ccccc1Oc1cccnc1. The van der Waals surface area contributed by atoms with Crippen LogP contribution in [0.2, 0.25) is 0 Å². The second-order valence-electron chi connectivity index (χ2n) is 3.50. The lowest BCUT2D eigenvalue weighted by Gasteiger charge is -2.12. The first-order valence-corrected chi connectivity index (χ1v) is 5.12. The highest BCUT2D eigenvalue weighted by atomic mass is 16.5. The predicted octanol–water partition coefficient (Wildman–Crippen LogP) is 2.93. The molecule has 0 unspecified atom stereocenters. The molecule has 0 radical (unpaired) electrons. The quantitative estimate of drug-likeness (QED) is 0.855. The van der Waals surface area contributed by atoms with E-state index >= 15 is 0 Å². The van der Waals surface area contributed by atoms with Crippen molar-refractivity contribution in [2.75, 3.05) is 0 Å². The van der Waals surface area contributed by atoms with E-state index in [1.807, 2.05) is 30.3 Å². The van der Waals surface area contributed by atoms with Crippen LogP contribution in [0.1, 0.15) is 18.6 Å². The summed E-state index contributed by atoms with van der Waals surface area (Å²) in [6.45, 7) is 1.71. The van der Waals surface area contributed by atoms with Crippen LogP contribution in [-0.4, -0.2) is 10.1 Å². The second-order valence-corrected chi connectivity index (χ2v) is 3.50. The third-order valence-electron chi connectivity index (χ3n) is 2.23. The summed E-state index contributed by atoms with van der Waals surface area (Å²) in [5, 5.41) is 9.59. The second kappa shape index (κ2) is 4.77. The molecule has 0 saturated carbocycles. The fourth-order valence-corrected chi connectivity index (χ4v) is 1.45. The van der Waals surface area contributed by atoms with Crippen molar-refractivity contribution in [3.05, 3.63) is 54.4 Å². The molecule has 1 N–H and O–H groups in total. The monoisotopic (exact) mass is 215 g/mol. The van der Waals surface area contributed by atoms with Gasteiger partial charge in [0, 0.05) is 11.8 Å². The summed E-state index contributed by atoms with van der Waals surface area (Å²) in [6, 6.07) is 11.0. The van der Waals surface area contributed by atoms with Gasteiger partial charge in [-0.15, -0.1) is 0 Å². The first-order valence-electron chi connectivity index (χ1n) is 5.12. The van der Waals surface area contributed by atoms with Gasteiger partial charge < -0.3 is 9.84 Å². The highest BCUT2D eigenvalue weighted by Gasteiger charge is 2.08. The molecule has 1 heterocycles. The van der Waals surface area contributed by atoms with E-state index in [9.17, 15) is 5.11 Å². The predicted molar refractivity (Wildman–Crippen MR) is 61.4 cm³/mol. The molecular weight excluding hydrogens is 202 g/mol. The van der Waals surface area contributed by atoms with E-state index in [1.54, 1.807) is 25.4 Å². The van der Waals surface area contributed by atoms with Gasteiger partial charge in [-0.05, 0) is 25.1 Å². The molecule has 0 spiro atoms. The number of aromatic nitrogens is 1. The van der Waals surface area contributed by atoms with Crippen LogP contribution in [0.3, 0.4) is 0 Å². The zero-order chi connectivity index (χ0) is 11.4. The summed E-state index contributed by atoms with van der Waals surface area (Å²) in [7, 11) is 0. The molecule has 1 atom stereocenters. The normalized spacial score (nSPS) is 12.1. The van der Waals surface area contributed by atoms with Gasteiger partial charge in [0.05, 0.1) is 12.3 Å². The molecule has 0 fully saturated rings. The van der Waals surface area contributed by atoms with Crippen LogP contribution < -0.4 is 4.74 Å². The lowest BCUT2D eigenvalue weighted by Crippen LogP contribution is -1.95. The van der Waals surface area contributed by atoms with Crippen molar-refractivity contribution in [3.8, 4) is 11.5 Å². The number of ether oxygens (including phenoxy) is 1. The Morgan fingerprint density at radius 2 is 2.00 bits per heavy atom. The minimum atomic E-state index is -0.548. The molecule has 0 amide bonds. The van der Waals surface area contributed by atoms with Crippen molar-refractivity contribution in [2.45, 2.75) is 13.0 Å². The fourth-order valence-electron chi connectivity index (χ4n) is 1.45. The Morgan fingerprint density at radius 3 is 2.69 bits per heavy atom. The third kappa shape index (κ3) is 2.38. The Balaban J connectivity index is 2.28. The zero-order valence-electron chi connectivity index (χ0n) is 9.00. The molecule has 1 aromatic heterocycles. The van der Waals surface area contributed by atoms with Crippen LogP contribution in [0.4, 0.5) is 0 Å². The molecule has 1 aromatic carbocycles. The standard InChI is InChI=1S/C13H13NO2/c1-10(15)12-6-2-3-7-13(12)16-11-5-4-8-14-9-11/h2-10,15H,1H3/t10-/m1/s1. The summed E-state index contributed by atoms with van der Waals surface area (Å²) in [5.41, 5.74) is 0.770. The molecule has 2 aromatic rings. The van der Waals surface area contributed by atoms with Gasteiger partial charge in [-0.25, -0.2) is 0 Å². The summed E-state index contributed by atoms with van der Waals surface area (Å²) in [6.07, 6.45) is 2.78. The number of aliphatic hydroxyl groups is 1. The summed E-state index contributed by atoms with van der Waals surface area (Å²) in [4.78, 5) is 3.97. The largest absolute Gasteiger partial charge is 0.455 e. The van der Waals surface area contributed by atoms with Crippen molar-refractivity contribution in [2.24, 2.45) is 0 Å². The highest BCUT2D eigenvalue weighted by molar-refractivity contribution is 5.38. The number of aliphatic hydroxyl groups excluding tert-OH is 1. The summed E-state index contributed by atoms with van der Waals surface area (Å²) < 4.78 is 5.65. The number of pyridine rings is 1. The fraction of sp³-hybridized carbons (Fsp3) is 0.154. The molecule has 0 aliphatic carbocycles. The Morgan fingerprint density at radius 1 is 1.19 bits per heavy atom. The van der Waals surface area contributed by atoms with E-state index < -0.39 is 6.10 Å². The van der Waals surface area contributed by atoms with Crippen molar-refractivity contribution in [1.82, 2.24) is 4.98 Å². The molecule has 0 aliphatic rings. The van der Waals surface area contributed by atoms with E-state index in [0.717, 1.165) is 5.56 Å². The van der Waals surface area contributed by atoms with Crippen LogP contribution in [0.5, 0.6) is 11.5 Å². The Bertz CT molecular complexity index is 454. The Kier molecular flexibility index (Phi) is 3.17. The maximum absolute atomic E-state index is 9.59. The summed E-state index contributed by atoms with van der Waals surface area (Å²) in [5.74, 6) is 1.32. The average molecular weight is 215 g/mol. The van der Waals surface area contributed by atoms with Crippen LogP contribution in [0.15, 0.2) is 48.8 Å². The van der Waals surface area contributed by atoms with Crippen molar-refractivity contribution < 1.29 is 9.84 Å². The lowest BCUT2D eigenvalue weighted by atomic mass is 10.1. The number of hydrogen-bond donors (Lipinski definition) is 1. The van der Waals surface area contributed by atoms with E-state index in [1.165, 1.54) is 0 Å². The Hall–Kier alpha value is -1.87. The zero-order valence-corrected chi connectivity index (χ0v) is 9.00. The van der Waals surface area contributed by atoms with Gasteiger partial charge >= 0.3 is 0 Å². The van der Waals surface area contributed by atoms with Crippen molar-refractivity contribution in [1.29, 1.82) is 0 Å². The van der Waals surface area contributed by atoms with Crippen LogP contribution in [-0.2, 0) is 0 Å². The minimum Gasteiger partial charge on any atom is -0.455 e. The molecule has 2 rings (SSSR count).